The number of pyridine rings is 1. The van der Waals surface area contributed by atoms with E-state index in [1.807, 2.05) is 53.4 Å². The Balaban J connectivity index is 1.45. The van der Waals surface area contributed by atoms with Crippen molar-refractivity contribution < 1.29 is 14.3 Å². The number of benzene rings is 1. The molecule has 1 aliphatic rings. The van der Waals surface area contributed by atoms with Gasteiger partial charge in [-0.1, -0.05) is 36.4 Å². The Morgan fingerprint density at radius 3 is 2.62 bits per heavy atom. The molecule has 0 unspecified atom stereocenters. The lowest BCUT2D eigenvalue weighted by Gasteiger charge is -2.26. The van der Waals surface area contributed by atoms with E-state index in [1.165, 1.54) is 17.8 Å². The summed E-state index contributed by atoms with van der Waals surface area (Å²) in [6.07, 6.45) is 7.46. The average molecular weight is 450 g/mol. The molecule has 1 aromatic carbocycles. The van der Waals surface area contributed by atoms with Crippen LogP contribution in [0.3, 0.4) is 0 Å². The molecule has 0 saturated carbocycles. The van der Waals surface area contributed by atoms with Gasteiger partial charge in [0, 0.05) is 36.9 Å². The van der Waals surface area contributed by atoms with Crippen LogP contribution in [0.4, 0.5) is 0 Å². The molecule has 0 radical (unpaired) electrons. The molecule has 0 aliphatic carbocycles. The summed E-state index contributed by atoms with van der Waals surface area (Å²) in [5.74, 6) is 0.236. The highest BCUT2D eigenvalue weighted by molar-refractivity contribution is 7.17. The number of thiophene rings is 1. The Morgan fingerprint density at radius 1 is 1.06 bits per heavy atom. The molecule has 1 fully saturated rings. The van der Waals surface area contributed by atoms with Crippen molar-refractivity contribution in [2.45, 2.75) is 25.7 Å². The van der Waals surface area contributed by atoms with Crippen molar-refractivity contribution in [3.8, 4) is 16.2 Å². The maximum Gasteiger partial charge on any atom is 0.265 e. The van der Waals surface area contributed by atoms with E-state index in [4.69, 9.17) is 4.74 Å². The zero-order valence-corrected chi connectivity index (χ0v) is 18.8. The molecule has 2 aromatic heterocycles. The zero-order chi connectivity index (χ0) is 22.2. The lowest BCUT2D eigenvalue weighted by atomic mass is 10.1. The van der Waals surface area contributed by atoms with Gasteiger partial charge in [0.15, 0.2) is 6.61 Å². The largest absolute Gasteiger partial charge is 0.482 e. The molecule has 7 heteroatoms. The third-order valence-electron chi connectivity index (χ3n) is 5.44. The van der Waals surface area contributed by atoms with Crippen molar-refractivity contribution in [3.63, 3.8) is 0 Å². The maximum atomic E-state index is 13.0. The molecular formula is C25H27N3O3S. The molecule has 1 aliphatic heterocycles. The van der Waals surface area contributed by atoms with Crippen LogP contribution >= 0.6 is 11.3 Å². The summed E-state index contributed by atoms with van der Waals surface area (Å²) >= 11 is 1.38. The van der Waals surface area contributed by atoms with Gasteiger partial charge >= 0.3 is 0 Å². The molecule has 2 amide bonds. The van der Waals surface area contributed by atoms with Gasteiger partial charge in [0.25, 0.3) is 11.8 Å². The Morgan fingerprint density at radius 2 is 1.88 bits per heavy atom. The number of nitrogens with one attached hydrogen (secondary N) is 1. The minimum Gasteiger partial charge on any atom is -0.482 e. The van der Waals surface area contributed by atoms with Gasteiger partial charge in [0.1, 0.15) is 10.6 Å². The van der Waals surface area contributed by atoms with Crippen LogP contribution in [0.2, 0.25) is 0 Å². The van der Waals surface area contributed by atoms with E-state index in [2.05, 4.69) is 10.3 Å². The number of ether oxygens (including phenoxy) is 1. The minimum atomic E-state index is -0.193. The van der Waals surface area contributed by atoms with E-state index in [0.29, 0.717) is 23.6 Å². The number of piperidine rings is 1. The second kappa shape index (κ2) is 10.9. The standard InChI is InChI=1S/C25H27N3O3S/c29-23(28-14-5-2-6-15-28)18-31-21-16-22(20-9-3-1-4-10-20)32-24(21)25(30)27-13-11-19-8-7-12-26-17-19/h1,3-4,7-10,12,16-17H,2,5-6,11,13-15,18H2,(H,27,30). The van der Waals surface area contributed by atoms with Crippen molar-refractivity contribution >= 4 is 23.2 Å². The third-order valence-corrected chi connectivity index (χ3v) is 6.61. The number of amides is 2. The highest BCUT2D eigenvalue weighted by Gasteiger charge is 2.21. The quantitative estimate of drug-likeness (QED) is 0.560. The highest BCUT2D eigenvalue weighted by Crippen LogP contribution is 2.36. The molecule has 1 saturated heterocycles. The first-order chi connectivity index (χ1) is 15.7. The average Bonchev–Trinajstić information content (AvgIpc) is 3.29. The fourth-order valence-electron chi connectivity index (χ4n) is 3.71. The monoisotopic (exact) mass is 449 g/mol. The fraction of sp³-hybridized carbons (Fsp3) is 0.320. The van der Waals surface area contributed by atoms with Crippen LogP contribution in [0.15, 0.2) is 60.9 Å². The normalized spacial score (nSPS) is 13.6. The highest BCUT2D eigenvalue weighted by atomic mass is 32.1. The van der Waals surface area contributed by atoms with E-state index < -0.39 is 0 Å². The summed E-state index contributed by atoms with van der Waals surface area (Å²) in [7, 11) is 0. The molecular weight excluding hydrogens is 422 g/mol. The van der Waals surface area contributed by atoms with Crippen LogP contribution in [-0.2, 0) is 11.2 Å². The number of carbonyl (C=O) groups excluding carboxylic acids is 2. The molecule has 3 heterocycles. The predicted octanol–water partition coefficient (Wildman–Crippen LogP) is 4.17. The van der Waals surface area contributed by atoms with Crippen molar-refractivity contribution in [1.29, 1.82) is 0 Å². The Hall–Kier alpha value is -3.19. The van der Waals surface area contributed by atoms with Crippen LogP contribution in [0.5, 0.6) is 5.75 Å². The fourth-order valence-corrected chi connectivity index (χ4v) is 4.73. The summed E-state index contributed by atoms with van der Waals surface area (Å²) in [6.45, 7) is 2.00. The summed E-state index contributed by atoms with van der Waals surface area (Å²) in [6, 6.07) is 15.6. The van der Waals surface area contributed by atoms with Crippen LogP contribution in [0, 0.1) is 0 Å². The smallest absolute Gasteiger partial charge is 0.265 e. The van der Waals surface area contributed by atoms with Crippen molar-refractivity contribution in [3.05, 3.63) is 71.4 Å². The number of nitrogens with zero attached hydrogens (tertiary/aromatic N) is 2. The summed E-state index contributed by atoms with van der Waals surface area (Å²) < 4.78 is 5.89. The molecule has 166 valence electrons. The SMILES string of the molecule is O=C(NCCc1cccnc1)c1sc(-c2ccccc2)cc1OCC(=O)N1CCCCC1. The van der Waals surface area contributed by atoms with Gasteiger partial charge in [-0.05, 0) is 48.9 Å². The van der Waals surface area contributed by atoms with E-state index in [-0.39, 0.29) is 18.4 Å². The lowest BCUT2D eigenvalue weighted by molar-refractivity contribution is -0.134. The number of hydrogen-bond acceptors (Lipinski definition) is 5. The van der Waals surface area contributed by atoms with Crippen molar-refractivity contribution in [2.24, 2.45) is 0 Å². The number of aromatic nitrogens is 1. The van der Waals surface area contributed by atoms with Gasteiger partial charge < -0.3 is 15.0 Å². The number of carbonyl (C=O) groups is 2. The first-order valence-electron chi connectivity index (χ1n) is 11.0. The molecule has 1 N–H and O–H groups in total. The summed E-state index contributed by atoms with van der Waals surface area (Å²) in [4.78, 5) is 32.9. The molecule has 4 rings (SSSR count). The van der Waals surface area contributed by atoms with Crippen LogP contribution < -0.4 is 10.1 Å². The van der Waals surface area contributed by atoms with Gasteiger partial charge in [-0.25, -0.2) is 0 Å². The van der Waals surface area contributed by atoms with Gasteiger partial charge in [-0.3, -0.25) is 14.6 Å². The van der Waals surface area contributed by atoms with Crippen molar-refractivity contribution in [2.75, 3.05) is 26.2 Å². The van der Waals surface area contributed by atoms with Crippen LogP contribution in [0.1, 0.15) is 34.5 Å². The Kier molecular flexibility index (Phi) is 7.51. The van der Waals surface area contributed by atoms with Gasteiger partial charge in [0.05, 0.1) is 0 Å². The van der Waals surface area contributed by atoms with E-state index in [1.54, 1.807) is 12.4 Å². The second-order valence-corrected chi connectivity index (χ2v) is 8.82. The number of likely N-dealkylation sites (tertiary alicyclic amines) is 1. The Bertz CT molecular complexity index is 1030. The molecule has 0 spiro atoms. The predicted molar refractivity (Wildman–Crippen MR) is 126 cm³/mol. The second-order valence-electron chi connectivity index (χ2n) is 7.77. The minimum absolute atomic E-state index is 0.0277. The third kappa shape index (κ3) is 5.73. The van der Waals surface area contributed by atoms with E-state index >= 15 is 0 Å². The lowest BCUT2D eigenvalue weighted by Crippen LogP contribution is -2.38. The van der Waals surface area contributed by atoms with Gasteiger partial charge in [0.2, 0.25) is 0 Å². The summed E-state index contributed by atoms with van der Waals surface area (Å²) in [5, 5.41) is 2.97. The zero-order valence-electron chi connectivity index (χ0n) is 18.0. The maximum absolute atomic E-state index is 13.0. The topological polar surface area (TPSA) is 71.5 Å². The molecule has 0 bridgehead atoms. The summed E-state index contributed by atoms with van der Waals surface area (Å²) in [5.41, 5.74) is 2.08. The first kappa shape index (κ1) is 22.0. The Labute approximate surface area is 192 Å². The van der Waals surface area contributed by atoms with Crippen molar-refractivity contribution in [1.82, 2.24) is 15.2 Å². The number of hydrogen-bond donors (Lipinski definition) is 1. The molecule has 0 atom stereocenters. The number of rotatable bonds is 8. The van der Waals surface area contributed by atoms with Crippen LogP contribution in [-0.4, -0.2) is 47.9 Å². The molecule has 32 heavy (non-hydrogen) atoms. The van der Waals surface area contributed by atoms with Gasteiger partial charge in [-0.15, -0.1) is 11.3 Å². The molecule has 6 nitrogen and oxygen atoms in total. The molecule has 3 aromatic rings. The van der Waals surface area contributed by atoms with E-state index in [9.17, 15) is 9.59 Å². The van der Waals surface area contributed by atoms with E-state index in [0.717, 1.165) is 41.9 Å². The van der Waals surface area contributed by atoms with Gasteiger partial charge in [-0.2, -0.15) is 0 Å². The van der Waals surface area contributed by atoms with Crippen LogP contribution in [0.25, 0.3) is 10.4 Å². The first-order valence-corrected chi connectivity index (χ1v) is 11.8.